The largest absolute Gasteiger partial charge is 0.380 e. The lowest BCUT2D eigenvalue weighted by atomic mass is 10.0. The van der Waals surface area contributed by atoms with Crippen molar-refractivity contribution in [3.05, 3.63) is 28.8 Å². The van der Waals surface area contributed by atoms with Gasteiger partial charge in [-0.2, -0.15) is 0 Å². The second-order valence-electron chi connectivity index (χ2n) is 6.06. The first-order valence-corrected chi connectivity index (χ1v) is 7.47. The molecule has 2 rings (SSSR count). The highest BCUT2D eigenvalue weighted by Crippen LogP contribution is 2.33. The van der Waals surface area contributed by atoms with Gasteiger partial charge < -0.3 is 9.64 Å². The first-order chi connectivity index (χ1) is 9.91. The summed E-state index contributed by atoms with van der Waals surface area (Å²) in [4.78, 5) is 25.7. The van der Waals surface area contributed by atoms with Crippen molar-refractivity contribution in [1.82, 2.24) is 0 Å². The predicted octanol–water partition coefficient (Wildman–Crippen LogP) is 2.90. The summed E-state index contributed by atoms with van der Waals surface area (Å²) in [7, 11) is 0. The first-order valence-electron chi connectivity index (χ1n) is 7.47. The van der Waals surface area contributed by atoms with Crippen LogP contribution in [-0.2, 0) is 9.53 Å². The molecule has 1 aliphatic heterocycles. The van der Waals surface area contributed by atoms with Gasteiger partial charge in [-0.25, -0.2) is 0 Å². The molecule has 0 unspecified atom stereocenters. The quantitative estimate of drug-likeness (QED) is 0.597. The second kappa shape index (κ2) is 6.39. The number of carbonyl (C=O) groups is 2. The number of aryl methyl sites for hydroxylation is 2. The number of ketones is 1. The number of amides is 1. The fraction of sp³-hybridized carbons (Fsp3) is 0.529. The van der Waals surface area contributed by atoms with Crippen LogP contribution in [0.3, 0.4) is 0 Å². The maximum absolute atomic E-state index is 12.1. The van der Waals surface area contributed by atoms with Crippen molar-refractivity contribution in [2.24, 2.45) is 5.92 Å². The first kappa shape index (κ1) is 15.7. The number of nitrogens with zero attached hydrogens (tertiary/aromatic N) is 1. The molecule has 0 spiro atoms. The standard InChI is InChI=1S/C17H23NO3/c1-11(2)5-7-21-8-6-18-15-13(4)9-12(3)10-14(15)16(19)17(18)20/h9-11H,5-8H2,1-4H3. The average Bonchev–Trinajstić information content (AvgIpc) is 2.63. The Morgan fingerprint density at radius 3 is 2.52 bits per heavy atom. The number of rotatable bonds is 6. The number of hydrogen-bond acceptors (Lipinski definition) is 3. The molecule has 0 saturated heterocycles. The van der Waals surface area contributed by atoms with E-state index in [4.69, 9.17) is 4.74 Å². The maximum Gasteiger partial charge on any atom is 0.299 e. The van der Waals surface area contributed by atoms with E-state index in [2.05, 4.69) is 13.8 Å². The van der Waals surface area contributed by atoms with Crippen LogP contribution in [0.5, 0.6) is 0 Å². The monoisotopic (exact) mass is 289 g/mol. The summed E-state index contributed by atoms with van der Waals surface area (Å²) in [5.41, 5.74) is 3.25. The number of Topliss-reactive ketones (excluding diaryl/α,β-unsaturated/α-hetero) is 1. The average molecular weight is 289 g/mol. The molecule has 1 aromatic carbocycles. The van der Waals surface area contributed by atoms with E-state index in [0.29, 0.717) is 31.2 Å². The third kappa shape index (κ3) is 3.32. The highest BCUT2D eigenvalue weighted by atomic mass is 16.5. The SMILES string of the molecule is Cc1cc(C)c2c(c1)C(=O)C(=O)N2CCOCCC(C)C. The number of ether oxygens (including phenoxy) is 1. The van der Waals surface area contributed by atoms with Crippen LogP contribution in [0.15, 0.2) is 12.1 Å². The van der Waals surface area contributed by atoms with Crippen LogP contribution in [0, 0.1) is 19.8 Å². The van der Waals surface area contributed by atoms with Gasteiger partial charge in [0.25, 0.3) is 11.7 Å². The molecular formula is C17H23NO3. The lowest BCUT2D eigenvalue weighted by Crippen LogP contribution is -2.33. The number of benzene rings is 1. The lowest BCUT2D eigenvalue weighted by Gasteiger charge is -2.19. The Kier molecular flexibility index (Phi) is 4.78. The molecule has 1 aliphatic rings. The molecular weight excluding hydrogens is 266 g/mol. The zero-order valence-corrected chi connectivity index (χ0v) is 13.2. The zero-order valence-electron chi connectivity index (χ0n) is 13.2. The van der Waals surface area contributed by atoms with Gasteiger partial charge in [0.05, 0.1) is 17.9 Å². The summed E-state index contributed by atoms with van der Waals surface area (Å²) >= 11 is 0. The molecule has 1 aromatic rings. The molecule has 0 bridgehead atoms. The number of hydrogen-bond donors (Lipinski definition) is 0. The van der Waals surface area contributed by atoms with Gasteiger partial charge in [-0.1, -0.05) is 19.9 Å². The van der Waals surface area contributed by atoms with E-state index >= 15 is 0 Å². The van der Waals surface area contributed by atoms with Crippen molar-refractivity contribution in [2.45, 2.75) is 34.1 Å². The lowest BCUT2D eigenvalue weighted by molar-refractivity contribution is -0.114. The molecule has 0 atom stereocenters. The van der Waals surface area contributed by atoms with Crippen molar-refractivity contribution >= 4 is 17.4 Å². The number of fused-ring (bicyclic) bond motifs is 1. The second-order valence-corrected chi connectivity index (χ2v) is 6.06. The van der Waals surface area contributed by atoms with Crippen molar-refractivity contribution in [2.75, 3.05) is 24.7 Å². The van der Waals surface area contributed by atoms with Crippen LogP contribution in [-0.4, -0.2) is 31.4 Å². The van der Waals surface area contributed by atoms with E-state index in [-0.39, 0.29) is 0 Å². The van der Waals surface area contributed by atoms with Gasteiger partial charge in [-0.15, -0.1) is 0 Å². The molecule has 1 amide bonds. The minimum absolute atomic E-state index is 0.404. The van der Waals surface area contributed by atoms with Gasteiger partial charge in [0, 0.05) is 13.2 Å². The molecule has 0 radical (unpaired) electrons. The van der Waals surface area contributed by atoms with Crippen LogP contribution >= 0.6 is 0 Å². The van der Waals surface area contributed by atoms with Gasteiger partial charge >= 0.3 is 0 Å². The van der Waals surface area contributed by atoms with Crippen LogP contribution in [0.4, 0.5) is 5.69 Å². The topological polar surface area (TPSA) is 46.6 Å². The highest BCUT2D eigenvalue weighted by molar-refractivity contribution is 6.52. The minimum Gasteiger partial charge on any atom is -0.380 e. The molecule has 1 heterocycles. The van der Waals surface area contributed by atoms with Crippen molar-refractivity contribution in [3.8, 4) is 0 Å². The molecule has 114 valence electrons. The summed E-state index contributed by atoms with van der Waals surface area (Å²) in [6.45, 7) is 9.74. The molecule has 0 fully saturated rings. The van der Waals surface area contributed by atoms with E-state index in [1.807, 2.05) is 19.9 Å². The van der Waals surface area contributed by atoms with Crippen molar-refractivity contribution < 1.29 is 14.3 Å². The Morgan fingerprint density at radius 2 is 1.86 bits per heavy atom. The Morgan fingerprint density at radius 1 is 1.14 bits per heavy atom. The highest BCUT2D eigenvalue weighted by Gasteiger charge is 2.36. The molecule has 0 N–H and O–H groups in total. The molecule has 21 heavy (non-hydrogen) atoms. The Labute approximate surface area is 126 Å². The number of anilines is 1. The summed E-state index contributed by atoms with van der Waals surface area (Å²) in [6.07, 6.45) is 1.00. The summed E-state index contributed by atoms with van der Waals surface area (Å²) in [6, 6.07) is 3.79. The van der Waals surface area contributed by atoms with Gasteiger partial charge in [0.15, 0.2) is 0 Å². The fourth-order valence-corrected chi connectivity index (χ4v) is 2.62. The van der Waals surface area contributed by atoms with Gasteiger partial charge in [0.2, 0.25) is 0 Å². The third-order valence-electron chi connectivity index (χ3n) is 3.70. The number of carbonyl (C=O) groups excluding carboxylic acids is 2. The summed E-state index contributed by atoms with van der Waals surface area (Å²) in [5.74, 6) is -0.240. The van der Waals surface area contributed by atoms with Gasteiger partial charge in [-0.3, -0.25) is 9.59 Å². The van der Waals surface area contributed by atoms with Crippen LogP contribution < -0.4 is 4.90 Å². The third-order valence-corrected chi connectivity index (χ3v) is 3.70. The maximum atomic E-state index is 12.1. The van der Waals surface area contributed by atoms with E-state index < -0.39 is 11.7 Å². The normalized spacial score (nSPS) is 14.2. The smallest absolute Gasteiger partial charge is 0.299 e. The van der Waals surface area contributed by atoms with Crippen LogP contribution in [0.2, 0.25) is 0 Å². The van der Waals surface area contributed by atoms with Crippen LogP contribution in [0.25, 0.3) is 0 Å². The molecule has 4 heteroatoms. The Bertz CT molecular complexity index is 563. The van der Waals surface area contributed by atoms with E-state index in [1.54, 1.807) is 11.0 Å². The summed E-state index contributed by atoms with van der Waals surface area (Å²) < 4.78 is 5.56. The molecule has 4 nitrogen and oxygen atoms in total. The van der Waals surface area contributed by atoms with Crippen LogP contribution in [0.1, 0.15) is 41.8 Å². The van der Waals surface area contributed by atoms with Gasteiger partial charge in [-0.05, 0) is 43.4 Å². The van der Waals surface area contributed by atoms with E-state index in [9.17, 15) is 9.59 Å². The summed E-state index contributed by atoms with van der Waals surface area (Å²) in [5, 5.41) is 0. The Hall–Kier alpha value is -1.68. The minimum atomic E-state index is -0.439. The molecule has 0 saturated carbocycles. The molecule has 0 aliphatic carbocycles. The van der Waals surface area contributed by atoms with E-state index in [1.165, 1.54) is 0 Å². The zero-order chi connectivity index (χ0) is 15.6. The fourth-order valence-electron chi connectivity index (χ4n) is 2.62. The predicted molar refractivity (Wildman–Crippen MR) is 82.9 cm³/mol. The van der Waals surface area contributed by atoms with Gasteiger partial charge in [0.1, 0.15) is 0 Å². The van der Waals surface area contributed by atoms with Crippen molar-refractivity contribution in [3.63, 3.8) is 0 Å². The van der Waals surface area contributed by atoms with E-state index in [0.717, 1.165) is 23.2 Å². The van der Waals surface area contributed by atoms with Crippen molar-refractivity contribution in [1.29, 1.82) is 0 Å². The molecule has 0 aromatic heterocycles. The Balaban J connectivity index is 2.05.